The third kappa shape index (κ3) is 3.64. The zero-order valence-electron chi connectivity index (χ0n) is 16.4. The number of anilines is 2. The molecule has 3 unspecified atom stereocenters. The van der Waals surface area contributed by atoms with Crippen molar-refractivity contribution in [2.75, 3.05) is 23.2 Å². The van der Waals surface area contributed by atoms with Crippen LogP contribution in [-0.4, -0.2) is 33.6 Å². The second-order valence-corrected chi connectivity index (χ2v) is 9.35. The number of sulfonamides is 1. The van der Waals surface area contributed by atoms with Gasteiger partial charge in [-0.3, -0.25) is 9.10 Å². The quantitative estimate of drug-likeness (QED) is 0.594. The average Bonchev–Trinajstić information content (AvgIpc) is 3.48. The molecule has 0 radical (unpaired) electrons. The number of nitrogens with zero attached hydrogens (tertiary/aromatic N) is 1. The van der Waals surface area contributed by atoms with Gasteiger partial charge in [-0.1, -0.05) is 17.7 Å². The van der Waals surface area contributed by atoms with E-state index in [9.17, 15) is 13.2 Å². The van der Waals surface area contributed by atoms with E-state index in [2.05, 4.69) is 0 Å². The SMILES string of the molecule is CCOC(=O)C1CC1C1CN(S(=O)(=O)c2ccc(C)cc2)c2cc(N)ccc2O1. The summed E-state index contributed by atoms with van der Waals surface area (Å²) in [5, 5.41) is 0. The van der Waals surface area contributed by atoms with Gasteiger partial charge in [0, 0.05) is 11.6 Å². The van der Waals surface area contributed by atoms with Gasteiger partial charge in [-0.2, -0.15) is 0 Å². The number of nitrogens with two attached hydrogens (primary N) is 1. The van der Waals surface area contributed by atoms with E-state index < -0.39 is 16.1 Å². The van der Waals surface area contributed by atoms with Crippen LogP contribution in [0.2, 0.25) is 0 Å². The summed E-state index contributed by atoms with van der Waals surface area (Å²) < 4.78 is 39.4. The molecule has 7 nitrogen and oxygen atoms in total. The molecule has 8 heteroatoms. The number of fused-ring (bicyclic) bond motifs is 1. The Bertz CT molecular complexity index is 1040. The number of aryl methyl sites for hydroxylation is 1. The van der Waals surface area contributed by atoms with Gasteiger partial charge in [0.05, 0.1) is 29.7 Å². The van der Waals surface area contributed by atoms with Gasteiger partial charge < -0.3 is 15.2 Å². The van der Waals surface area contributed by atoms with Gasteiger partial charge in [0.25, 0.3) is 10.0 Å². The van der Waals surface area contributed by atoms with E-state index in [1.807, 2.05) is 6.92 Å². The Hall–Kier alpha value is -2.74. The van der Waals surface area contributed by atoms with Gasteiger partial charge in [-0.05, 0) is 50.6 Å². The Labute approximate surface area is 170 Å². The fourth-order valence-corrected chi connectivity index (χ4v) is 5.20. The maximum absolute atomic E-state index is 13.4. The van der Waals surface area contributed by atoms with Crippen molar-refractivity contribution in [2.24, 2.45) is 11.8 Å². The van der Waals surface area contributed by atoms with Crippen LogP contribution in [0, 0.1) is 18.8 Å². The number of carbonyl (C=O) groups excluding carboxylic acids is 1. The molecule has 0 bridgehead atoms. The molecular weight excluding hydrogens is 392 g/mol. The molecule has 0 amide bonds. The van der Waals surface area contributed by atoms with Crippen molar-refractivity contribution < 1.29 is 22.7 Å². The van der Waals surface area contributed by atoms with Gasteiger partial charge in [0.1, 0.15) is 11.9 Å². The van der Waals surface area contributed by atoms with Crippen molar-refractivity contribution in [3.05, 3.63) is 48.0 Å². The molecule has 0 spiro atoms. The van der Waals surface area contributed by atoms with E-state index in [1.165, 1.54) is 4.31 Å². The third-order valence-electron chi connectivity index (χ3n) is 5.39. The Morgan fingerprint density at radius 2 is 1.97 bits per heavy atom. The molecule has 0 saturated heterocycles. The minimum atomic E-state index is -3.81. The predicted octanol–water partition coefficient (Wildman–Crippen LogP) is 2.73. The molecule has 2 aromatic rings. The van der Waals surface area contributed by atoms with Crippen LogP contribution in [0.25, 0.3) is 0 Å². The summed E-state index contributed by atoms with van der Waals surface area (Å²) in [5.74, 6) is -0.132. The molecule has 0 aromatic heterocycles. The van der Waals surface area contributed by atoms with E-state index in [1.54, 1.807) is 49.4 Å². The topological polar surface area (TPSA) is 98.9 Å². The van der Waals surface area contributed by atoms with Crippen LogP contribution in [0.5, 0.6) is 5.75 Å². The first kappa shape index (κ1) is 19.6. The number of hydrogen-bond acceptors (Lipinski definition) is 6. The van der Waals surface area contributed by atoms with E-state index >= 15 is 0 Å². The zero-order chi connectivity index (χ0) is 20.8. The summed E-state index contributed by atoms with van der Waals surface area (Å²) in [6.45, 7) is 4.11. The monoisotopic (exact) mass is 416 g/mol. The molecule has 1 aliphatic carbocycles. The Balaban J connectivity index is 1.68. The first-order chi connectivity index (χ1) is 13.8. The fraction of sp³-hybridized carbons (Fsp3) is 0.381. The number of rotatable bonds is 5. The van der Waals surface area contributed by atoms with E-state index in [4.69, 9.17) is 15.2 Å². The maximum atomic E-state index is 13.4. The molecule has 3 atom stereocenters. The first-order valence-corrected chi connectivity index (χ1v) is 11.1. The van der Waals surface area contributed by atoms with Crippen LogP contribution < -0.4 is 14.8 Å². The minimum absolute atomic E-state index is 0.0736. The lowest BCUT2D eigenvalue weighted by atomic mass is 10.1. The summed E-state index contributed by atoms with van der Waals surface area (Å²) in [6, 6.07) is 11.7. The number of ether oxygens (including phenoxy) is 2. The van der Waals surface area contributed by atoms with Crippen LogP contribution in [0.15, 0.2) is 47.4 Å². The average molecular weight is 416 g/mol. The molecule has 1 fully saturated rings. The summed E-state index contributed by atoms with van der Waals surface area (Å²) in [7, 11) is -3.81. The van der Waals surface area contributed by atoms with Gasteiger partial charge in [-0.25, -0.2) is 8.42 Å². The second-order valence-electron chi connectivity index (χ2n) is 7.49. The summed E-state index contributed by atoms with van der Waals surface area (Å²) in [4.78, 5) is 12.3. The van der Waals surface area contributed by atoms with Crippen LogP contribution in [0.4, 0.5) is 11.4 Å². The normalized spacial score (nSPS) is 23.1. The Morgan fingerprint density at radius 1 is 1.24 bits per heavy atom. The summed E-state index contributed by atoms with van der Waals surface area (Å²) >= 11 is 0. The zero-order valence-corrected chi connectivity index (χ0v) is 17.2. The van der Waals surface area contributed by atoms with Crippen LogP contribution >= 0.6 is 0 Å². The highest BCUT2D eigenvalue weighted by atomic mass is 32.2. The molecule has 4 rings (SSSR count). The van der Waals surface area contributed by atoms with Crippen molar-refractivity contribution in [2.45, 2.75) is 31.3 Å². The Kier molecular flexibility index (Phi) is 4.90. The minimum Gasteiger partial charge on any atom is -0.486 e. The van der Waals surface area contributed by atoms with Crippen LogP contribution in [0.1, 0.15) is 18.9 Å². The van der Waals surface area contributed by atoms with Gasteiger partial charge in [0.2, 0.25) is 0 Å². The third-order valence-corrected chi connectivity index (χ3v) is 7.19. The number of hydrogen-bond donors (Lipinski definition) is 1. The first-order valence-electron chi connectivity index (χ1n) is 9.63. The van der Waals surface area contributed by atoms with Crippen molar-refractivity contribution in [1.29, 1.82) is 0 Å². The highest BCUT2D eigenvalue weighted by Crippen LogP contribution is 2.48. The van der Waals surface area contributed by atoms with Crippen molar-refractivity contribution >= 4 is 27.4 Å². The van der Waals surface area contributed by atoms with Crippen molar-refractivity contribution in [3.8, 4) is 5.75 Å². The van der Waals surface area contributed by atoms with Gasteiger partial charge in [-0.15, -0.1) is 0 Å². The van der Waals surface area contributed by atoms with Gasteiger partial charge in [0.15, 0.2) is 0 Å². The van der Waals surface area contributed by atoms with Crippen LogP contribution in [0.3, 0.4) is 0 Å². The standard InChI is InChI=1S/C21H24N2O5S/c1-3-27-21(24)17-11-16(17)20-12-23(18-10-14(22)6-9-19(18)28-20)29(25,26)15-7-4-13(2)5-8-15/h4-10,16-17,20H,3,11-12,22H2,1-2H3. The molecule has 2 aliphatic rings. The lowest BCUT2D eigenvalue weighted by Crippen LogP contribution is -2.45. The van der Waals surface area contributed by atoms with Crippen molar-refractivity contribution in [3.63, 3.8) is 0 Å². The maximum Gasteiger partial charge on any atom is 0.309 e. The molecule has 2 aromatic carbocycles. The summed E-state index contributed by atoms with van der Waals surface area (Å²) in [6.07, 6.45) is 0.201. The molecule has 1 aliphatic heterocycles. The number of nitrogen functional groups attached to an aromatic ring is 1. The molecule has 154 valence electrons. The molecule has 29 heavy (non-hydrogen) atoms. The van der Waals surface area contributed by atoms with E-state index in [0.29, 0.717) is 30.2 Å². The number of carbonyl (C=O) groups is 1. The molecule has 1 saturated carbocycles. The molecule has 1 heterocycles. The lowest BCUT2D eigenvalue weighted by molar-refractivity contribution is -0.145. The summed E-state index contributed by atoms with van der Waals surface area (Å²) in [5.41, 5.74) is 7.75. The van der Waals surface area contributed by atoms with Crippen molar-refractivity contribution in [1.82, 2.24) is 0 Å². The van der Waals surface area contributed by atoms with E-state index in [-0.39, 0.29) is 29.2 Å². The Morgan fingerprint density at radius 3 is 2.66 bits per heavy atom. The lowest BCUT2D eigenvalue weighted by Gasteiger charge is -2.36. The second kappa shape index (κ2) is 7.26. The highest BCUT2D eigenvalue weighted by Gasteiger charge is 2.52. The van der Waals surface area contributed by atoms with Gasteiger partial charge >= 0.3 is 5.97 Å². The predicted molar refractivity (Wildman–Crippen MR) is 109 cm³/mol. The fourth-order valence-electron chi connectivity index (χ4n) is 3.72. The number of esters is 1. The smallest absolute Gasteiger partial charge is 0.309 e. The molecule has 2 N–H and O–H groups in total. The largest absolute Gasteiger partial charge is 0.486 e. The number of benzene rings is 2. The van der Waals surface area contributed by atoms with Crippen LogP contribution in [-0.2, 0) is 19.6 Å². The molecular formula is C21H24N2O5S. The van der Waals surface area contributed by atoms with E-state index in [0.717, 1.165) is 5.56 Å². The highest BCUT2D eigenvalue weighted by molar-refractivity contribution is 7.92.